The molecule has 4 heteroatoms. The fourth-order valence-corrected chi connectivity index (χ4v) is 2.06. The van der Waals surface area contributed by atoms with E-state index in [0.717, 1.165) is 5.03 Å². The predicted octanol–water partition coefficient (Wildman–Crippen LogP) is 3.59. The average molecular weight is 237 g/mol. The van der Waals surface area contributed by atoms with Gasteiger partial charge in [-0.2, -0.15) is 0 Å². The number of nitrogens with zero attached hydrogens (tertiary/aromatic N) is 2. The summed E-state index contributed by atoms with van der Waals surface area (Å²) in [5, 5.41) is 9.07. The minimum atomic E-state index is 0.420. The van der Waals surface area contributed by atoms with Crippen molar-refractivity contribution >= 4 is 23.4 Å². The van der Waals surface area contributed by atoms with Gasteiger partial charge in [0.05, 0.1) is 0 Å². The third-order valence-electron chi connectivity index (χ3n) is 1.92. The van der Waals surface area contributed by atoms with Crippen molar-refractivity contribution in [3.63, 3.8) is 0 Å². The summed E-state index contributed by atoms with van der Waals surface area (Å²) in [4.78, 5) is 1.19. The molecule has 15 heavy (non-hydrogen) atoms. The maximum absolute atomic E-state index is 5.66. The Morgan fingerprint density at radius 3 is 2.53 bits per heavy atom. The number of halogens is 1. The van der Waals surface area contributed by atoms with Crippen molar-refractivity contribution < 1.29 is 0 Å². The molecule has 0 amide bonds. The molecule has 0 bridgehead atoms. The predicted molar refractivity (Wildman–Crippen MR) is 62.3 cm³/mol. The molecule has 0 atom stereocenters. The maximum atomic E-state index is 5.66. The molecule has 0 fully saturated rings. The van der Waals surface area contributed by atoms with Crippen LogP contribution in [0.1, 0.15) is 5.56 Å². The van der Waals surface area contributed by atoms with Crippen molar-refractivity contribution in [1.82, 2.24) is 10.2 Å². The quantitative estimate of drug-likeness (QED) is 0.797. The van der Waals surface area contributed by atoms with E-state index in [1.54, 1.807) is 17.8 Å². The molecule has 2 aromatic rings. The molecule has 0 N–H and O–H groups in total. The van der Waals surface area contributed by atoms with Crippen LogP contribution in [0.5, 0.6) is 0 Å². The van der Waals surface area contributed by atoms with Crippen LogP contribution in [0.25, 0.3) is 0 Å². The highest BCUT2D eigenvalue weighted by Gasteiger charge is 2.01. The molecule has 0 radical (unpaired) electrons. The van der Waals surface area contributed by atoms with E-state index in [2.05, 4.69) is 29.3 Å². The molecule has 1 aromatic heterocycles. The first-order chi connectivity index (χ1) is 7.25. The number of aromatic nitrogens is 2. The monoisotopic (exact) mass is 236 g/mol. The molecule has 0 unspecified atom stereocenters. The van der Waals surface area contributed by atoms with Gasteiger partial charge in [-0.25, -0.2) is 0 Å². The van der Waals surface area contributed by atoms with Gasteiger partial charge in [0.1, 0.15) is 5.03 Å². The summed E-state index contributed by atoms with van der Waals surface area (Å²) in [5.41, 5.74) is 1.24. The van der Waals surface area contributed by atoms with Crippen molar-refractivity contribution in [1.29, 1.82) is 0 Å². The lowest BCUT2D eigenvalue weighted by atomic mass is 10.2. The third kappa shape index (κ3) is 2.70. The van der Waals surface area contributed by atoms with Crippen LogP contribution < -0.4 is 0 Å². The minimum absolute atomic E-state index is 0.420. The Bertz CT molecular complexity index is 456. The maximum Gasteiger partial charge on any atom is 0.151 e. The summed E-state index contributed by atoms with van der Waals surface area (Å²) in [5.74, 6) is 0. The van der Waals surface area contributed by atoms with Crippen LogP contribution in [-0.4, -0.2) is 10.2 Å². The van der Waals surface area contributed by atoms with Gasteiger partial charge in [0.15, 0.2) is 5.15 Å². The summed E-state index contributed by atoms with van der Waals surface area (Å²) in [6.07, 6.45) is 0. The van der Waals surface area contributed by atoms with E-state index in [9.17, 15) is 0 Å². The first kappa shape index (κ1) is 10.5. The molecule has 0 aliphatic rings. The van der Waals surface area contributed by atoms with Crippen LogP contribution in [0.4, 0.5) is 0 Å². The first-order valence-corrected chi connectivity index (χ1v) is 5.68. The summed E-state index contributed by atoms with van der Waals surface area (Å²) < 4.78 is 0. The van der Waals surface area contributed by atoms with Crippen LogP contribution in [0.3, 0.4) is 0 Å². The molecular formula is C11H9ClN2S. The molecule has 0 spiro atoms. The Labute approximate surface area is 97.7 Å². The van der Waals surface area contributed by atoms with E-state index in [0.29, 0.717) is 5.15 Å². The lowest BCUT2D eigenvalue weighted by Gasteiger charge is -2.03. The first-order valence-electron chi connectivity index (χ1n) is 4.48. The van der Waals surface area contributed by atoms with Crippen molar-refractivity contribution in [2.75, 3.05) is 0 Å². The normalized spacial score (nSPS) is 10.3. The van der Waals surface area contributed by atoms with Crippen molar-refractivity contribution in [3.05, 3.63) is 47.1 Å². The zero-order valence-electron chi connectivity index (χ0n) is 8.14. The second kappa shape index (κ2) is 4.64. The van der Waals surface area contributed by atoms with Gasteiger partial charge >= 0.3 is 0 Å². The number of aryl methyl sites for hydroxylation is 1. The van der Waals surface area contributed by atoms with Gasteiger partial charge in [0.2, 0.25) is 0 Å². The Balaban J connectivity index is 2.22. The topological polar surface area (TPSA) is 25.8 Å². The lowest BCUT2D eigenvalue weighted by molar-refractivity contribution is 0.929. The average Bonchev–Trinajstić information content (AvgIpc) is 2.25. The van der Waals surface area contributed by atoms with Gasteiger partial charge in [-0.05, 0) is 30.7 Å². The van der Waals surface area contributed by atoms with Crippen LogP contribution in [0, 0.1) is 6.92 Å². The molecule has 0 aliphatic heterocycles. The molecule has 0 saturated heterocycles. The number of hydrogen-bond donors (Lipinski definition) is 0. The van der Waals surface area contributed by atoms with E-state index >= 15 is 0 Å². The Hall–Kier alpha value is -1.06. The van der Waals surface area contributed by atoms with Gasteiger partial charge < -0.3 is 0 Å². The number of hydrogen-bond acceptors (Lipinski definition) is 3. The molecule has 76 valence electrons. The van der Waals surface area contributed by atoms with Gasteiger partial charge in [-0.15, -0.1) is 10.2 Å². The summed E-state index contributed by atoms with van der Waals surface area (Å²) in [6.45, 7) is 2.08. The van der Waals surface area contributed by atoms with Gasteiger partial charge in [0, 0.05) is 4.90 Å². The van der Waals surface area contributed by atoms with Crippen LogP contribution in [0.15, 0.2) is 46.3 Å². The zero-order valence-corrected chi connectivity index (χ0v) is 9.72. The molecular weight excluding hydrogens is 228 g/mol. The summed E-state index contributed by atoms with van der Waals surface area (Å²) in [7, 11) is 0. The lowest BCUT2D eigenvalue weighted by Crippen LogP contribution is -1.85. The van der Waals surface area contributed by atoms with E-state index < -0.39 is 0 Å². The third-order valence-corrected chi connectivity index (χ3v) is 3.22. The Morgan fingerprint density at radius 2 is 1.87 bits per heavy atom. The smallest absolute Gasteiger partial charge is 0.142 e. The molecule has 2 nitrogen and oxygen atoms in total. The van der Waals surface area contributed by atoms with Crippen LogP contribution in [0.2, 0.25) is 5.15 Å². The number of benzene rings is 1. The van der Waals surface area contributed by atoms with Gasteiger partial charge in [0.25, 0.3) is 0 Å². The van der Waals surface area contributed by atoms with Gasteiger partial charge in [-0.3, -0.25) is 0 Å². The standard InChI is InChI=1S/C11H9ClN2S/c1-8-4-2-3-5-9(8)15-11-7-6-10(12)13-14-11/h2-7H,1H3. The second-order valence-corrected chi connectivity index (χ2v) is 4.51. The highest BCUT2D eigenvalue weighted by Crippen LogP contribution is 2.28. The SMILES string of the molecule is Cc1ccccc1Sc1ccc(Cl)nn1. The zero-order chi connectivity index (χ0) is 10.7. The Morgan fingerprint density at radius 1 is 1.07 bits per heavy atom. The highest BCUT2D eigenvalue weighted by molar-refractivity contribution is 7.99. The van der Waals surface area contributed by atoms with E-state index in [-0.39, 0.29) is 0 Å². The van der Waals surface area contributed by atoms with Crippen molar-refractivity contribution in [2.24, 2.45) is 0 Å². The number of rotatable bonds is 2. The minimum Gasteiger partial charge on any atom is -0.142 e. The van der Waals surface area contributed by atoms with Crippen molar-refractivity contribution in [3.8, 4) is 0 Å². The van der Waals surface area contributed by atoms with E-state index in [1.165, 1.54) is 10.5 Å². The summed E-state index contributed by atoms with van der Waals surface area (Å²) >= 11 is 7.25. The van der Waals surface area contributed by atoms with Crippen molar-refractivity contribution in [2.45, 2.75) is 16.8 Å². The second-order valence-electron chi connectivity index (χ2n) is 3.06. The fourth-order valence-electron chi connectivity index (χ4n) is 1.14. The van der Waals surface area contributed by atoms with E-state index in [1.807, 2.05) is 18.2 Å². The fraction of sp³-hybridized carbons (Fsp3) is 0.0909. The van der Waals surface area contributed by atoms with Crippen LogP contribution >= 0.6 is 23.4 Å². The molecule has 1 heterocycles. The van der Waals surface area contributed by atoms with Crippen LogP contribution in [-0.2, 0) is 0 Å². The highest BCUT2D eigenvalue weighted by atomic mass is 35.5. The molecule has 2 rings (SSSR count). The molecule has 0 aliphatic carbocycles. The summed E-state index contributed by atoms with van der Waals surface area (Å²) in [6, 6.07) is 11.8. The molecule has 1 aromatic carbocycles. The van der Waals surface area contributed by atoms with E-state index in [4.69, 9.17) is 11.6 Å². The largest absolute Gasteiger partial charge is 0.151 e. The van der Waals surface area contributed by atoms with Gasteiger partial charge in [-0.1, -0.05) is 41.6 Å². The Kier molecular flexibility index (Phi) is 3.23. The molecule has 0 saturated carbocycles.